The van der Waals surface area contributed by atoms with Gasteiger partial charge in [-0.2, -0.15) is 0 Å². The van der Waals surface area contributed by atoms with Gasteiger partial charge < -0.3 is 9.47 Å². The van der Waals surface area contributed by atoms with Crippen LogP contribution in [0.15, 0.2) is 42.5 Å². The summed E-state index contributed by atoms with van der Waals surface area (Å²) < 4.78 is 11.0. The van der Waals surface area contributed by atoms with Crippen LogP contribution in [0.1, 0.15) is 46.5 Å². The maximum absolute atomic E-state index is 12.4. The first-order valence-corrected chi connectivity index (χ1v) is 7.58. The van der Waals surface area contributed by atoms with E-state index in [2.05, 4.69) is 0 Å². The molecule has 4 heteroatoms. The van der Waals surface area contributed by atoms with Crippen LogP contribution >= 0.6 is 0 Å². The molecule has 0 aromatic heterocycles. The molecule has 120 valence electrons. The predicted molar refractivity (Wildman–Crippen MR) is 88.4 cm³/mol. The Morgan fingerprint density at radius 2 is 1.74 bits per heavy atom. The van der Waals surface area contributed by atoms with E-state index in [-0.39, 0.29) is 11.5 Å². The van der Waals surface area contributed by atoms with Gasteiger partial charge in [-0.25, -0.2) is 4.79 Å². The molecule has 0 unspecified atom stereocenters. The number of carbonyl (C=O) groups is 2. The Morgan fingerprint density at radius 1 is 1.00 bits per heavy atom. The highest BCUT2D eigenvalue weighted by molar-refractivity contribution is 5.99. The van der Waals surface area contributed by atoms with Crippen LogP contribution in [0.5, 0.6) is 11.5 Å². The van der Waals surface area contributed by atoms with Gasteiger partial charge in [-0.1, -0.05) is 30.7 Å². The Bertz CT molecular complexity index is 719. The average molecular weight is 312 g/mol. The molecule has 0 bridgehead atoms. The minimum atomic E-state index is -0.539. The molecular formula is C19H20O4. The molecule has 0 aliphatic rings. The smallest absolute Gasteiger partial charge is 0.347 e. The molecule has 0 aliphatic heterocycles. The number of ketones is 1. The van der Waals surface area contributed by atoms with E-state index in [1.54, 1.807) is 42.5 Å². The van der Waals surface area contributed by atoms with Gasteiger partial charge in [0.2, 0.25) is 0 Å². The highest BCUT2D eigenvalue weighted by Gasteiger charge is 2.17. The van der Waals surface area contributed by atoms with Crippen molar-refractivity contribution in [1.82, 2.24) is 0 Å². The second-order valence-corrected chi connectivity index (χ2v) is 5.29. The van der Waals surface area contributed by atoms with Crippen LogP contribution < -0.4 is 9.47 Å². The van der Waals surface area contributed by atoms with Gasteiger partial charge in [-0.3, -0.25) is 4.79 Å². The Balaban J connectivity index is 2.28. The normalized spacial score (nSPS) is 10.2. The molecule has 0 fully saturated rings. The van der Waals surface area contributed by atoms with Crippen molar-refractivity contribution >= 4 is 11.8 Å². The van der Waals surface area contributed by atoms with Crippen molar-refractivity contribution in [2.45, 2.75) is 27.2 Å². The molecule has 0 heterocycles. The predicted octanol–water partition coefficient (Wildman–Crippen LogP) is 4.21. The summed E-state index contributed by atoms with van der Waals surface area (Å²) in [5.41, 5.74) is 1.67. The zero-order valence-electron chi connectivity index (χ0n) is 13.6. The topological polar surface area (TPSA) is 52.6 Å². The number of rotatable bonds is 6. The third kappa shape index (κ3) is 4.19. The van der Waals surface area contributed by atoms with Gasteiger partial charge in [0.15, 0.2) is 5.78 Å². The molecular weight excluding hydrogens is 292 g/mol. The largest absolute Gasteiger partial charge is 0.493 e. The van der Waals surface area contributed by atoms with Crippen molar-refractivity contribution in [3.63, 3.8) is 0 Å². The number of aryl methyl sites for hydroxylation is 1. The molecule has 0 saturated carbocycles. The lowest BCUT2D eigenvalue weighted by Gasteiger charge is -2.12. The standard InChI is InChI=1S/C19H20O4/c1-4-11-22-17-8-6-5-7-15(17)19(21)23-18-10-9-13(2)12-16(18)14(3)20/h5-10,12H,4,11H2,1-3H3. The minimum absolute atomic E-state index is 0.146. The van der Waals surface area contributed by atoms with Crippen molar-refractivity contribution < 1.29 is 19.1 Å². The van der Waals surface area contributed by atoms with Crippen LogP contribution in [0.2, 0.25) is 0 Å². The van der Waals surface area contributed by atoms with E-state index in [1.807, 2.05) is 13.8 Å². The number of Topliss-reactive ketones (excluding diaryl/α,β-unsaturated/α-hetero) is 1. The van der Waals surface area contributed by atoms with Crippen LogP contribution in [0.4, 0.5) is 0 Å². The first kappa shape index (κ1) is 16.7. The second-order valence-electron chi connectivity index (χ2n) is 5.29. The first-order chi connectivity index (χ1) is 11.0. The van der Waals surface area contributed by atoms with Gasteiger partial charge in [-0.15, -0.1) is 0 Å². The van der Waals surface area contributed by atoms with Crippen LogP contribution in [0.3, 0.4) is 0 Å². The molecule has 0 atom stereocenters. The maximum Gasteiger partial charge on any atom is 0.347 e. The van der Waals surface area contributed by atoms with Crippen LogP contribution in [0, 0.1) is 6.92 Å². The number of para-hydroxylation sites is 1. The van der Waals surface area contributed by atoms with Crippen molar-refractivity contribution in [3.8, 4) is 11.5 Å². The molecule has 23 heavy (non-hydrogen) atoms. The molecule has 4 nitrogen and oxygen atoms in total. The first-order valence-electron chi connectivity index (χ1n) is 7.58. The maximum atomic E-state index is 12.4. The molecule has 2 rings (SSSR count). The number of hydrogen-bond donors (Lipinski definition) is 0. The van der Waals surface area contributed by atoms with E-state index in [0.29, 0.717) is 23.5 Å². The van der Waals surface area contributed by atoms with Gasteiger partial charge >= 0.3 is 5.97 Å². The summed E-state index contributed by atoms with van der Waals surface area (Å²) in [4.78, 5) is 24.2. The molecule has 0 N–H and O–H groups in total. The highest BCUT2D eigenvalue weighted by atomic mass is 16.5. The molecule has 2 aromatic rings. The average Bonchev–Trinajstić information content (AvgIpc) is 2.54. The third-order valence-electron chi connectivity index (χ3n) is 3.29. The SMILES string of the molecule is CCCOc1ccccc1C(=O)Oc1ccc(C)cc1C(C)=O. The van der Waals surface area contributed by atoms with Gasteiger partial charge in [0.05, 0.1) is 12.2 Å². The lowest BCUT2D eigenvalue weighted by atomic mass is 10.1. The molecule has 0 saturated heterocycles. The summed E-state index contributed by atoms with van der Waals surface area (Å²) in [7, 11) is 0. The monoisotopic (exact) mass is 312 g/mol. The summed E-state index contributed by atoms with van der Waals surface area (Å²) >= 11 is 0. The van der Waals surface area contributed by atoms with Crippen LogP contribution in [-0.2, 0) is 0 Å². The fourth-order valence-electron chi connectivity index (χ4n) is 2.14. The Morgan fingerprint density at radius 3 is 2.43 bits per heavy atom. The van der Waals surface area contributed by atoms with Gasteiger partial charge in [0, 0.05) is 0 Å². The number of ether oxygens (including phenoxy) is 2. The molecule has 0 amide bonds. The van der Waals surface area contributed by atoms with E-state index < -0.39 is 5.97 Å². The highest BCUT2D eigenvalue weighted by Crippen LogP contribution is 2.24. The minimum Gasteiger partial charge on any atom is -0.493 e. The van der Waals surface area contributed by atoms with E-state index in [1.165, 1.54) is 6.92 Å². The zero-order valence-corrected chi connectivity index (χ0v) is 13.6. The number of esters is 1. The van der Waals surface area contributed by atoms with E-state index >= 15 is 0 Å². The van der Waals surface area contributed by atoms with Crippen LogP contribution in [-0.4, -0.2) is 18.4 Å². The third-order valence-corrected chi connectivity index (χ3v) is 3.29. The lowest BCUT2D eigenvalue weighted by Crippen LogP contribution is -2.13. The lowest BCUT2D eigenvalue weighted by molar-refractivity contribution is 0.0728. The summed E-state index contributed by atoms with van der Waals surface area (Å²) in [6.07, 6.45) is 0.843. The Hall–Kier alpha value is -2.62. The van der Waals surface area contributed by atoms with Crippen molar-refractivity contribution in [1.29, 1.82) is 0 Å². The van der Waals surface area contributed by atoms with E-state index in [9.17, 15) is 9.59 Å². The fraction of sp³-hybridized carbons (Fsp3) is 0.263. The Kier molecular flexibility index (Phi) is 5.52. The molecule has 0 spiro atoms. The molecule has 0 aliphatic carbocycles. The quantitative estimate of drug-likeness (QED) is 0.455. The summed E-state index contributed by atoms with van der Waals surface area (Å²) in [6, 6.07) is 12.1. The zero-order chi connectivity index (χ0) is 16.8. The van der Waals surface area contributed by atoms with E-state index in [4.69, 9.17) is 9.47 Å². The van der Waals surface area contributed by atoms with Crippen LogP contribution in [0.25, 0.3) is 0 Å². The van der Waals surface area contributed by atoms with Gasteiger partial charge in [0.1, 0.15) is 17.1 Å². The second kappa shape index (κ2) is 7.58. The summed E-state index contributed by atoms with van der Waals surface area (Å²) in [5.74, 6) is 0.0595. The van der Waals surface area contributed by atoms with Crippen molar-refractivity contribution in [2.75, 3.05) is 6.61 Å². The van der Waals surface area contributed by atoms with Crippen molar-refractivity contribution in [3.05, 3.63) is 59.2 Å². The molecule has 0 radical (unpaired) electrons. The number of carbonyl (C=O) groups excluding carboxylic acids is 2. The van der Waals surface area contributed by atoms with Crippen molar-refractivity contribution in [2.24, 2.45) is 0 Å². The number of benzene rings is 2. The summed E-state index contributed by atoms with van der Waals surface area (Å²) in [6.45, 7) is 5.84. The Labute approximate surface area is 136 Å². The van der Waals surface area contributed by atoms with Gasteiger partial charge in [-0.05, 0) is 44.5 Å². The molecule has 2 aromatic carbocycles. The van der Waals surface area contributed by atoms with Gasteiger partial charge in [0.25, 0.3) is 0 Å². The fourth-order valence-corrected chi connectivity index (χ4v) is 2.14. The number of hydrogen-bond acceptors (Lipinski definition) is 4. The van der Waals surface area contributed by atoms with E-state index in [0.717, 1.165) is 12.0 Å². The summed E-state index contributed by atoms with van der Waals surface area (Å²) in [5, 5.41) is 0.